The molecule has 228 valence electrons. The summed E-state index contributed by atoms with van der Waals surface area (Å²) in [7, 11) is 0. The van der Waals surface area contributed by atoms with Gasteiger partial charge in [-0.25, -0.2) is 9.59 Å². The summed E-state index contributed by atoms with van der Waals surface area (Å²) in [5.41, 5.74) is 2.29. The molecule has 8 nitrogen and oxygen atoms in total. The van der Waals surface area contributed by atoms with Crippen molar-refractivity contribution in [1.82, 2.24) is 10.1 Å². The van der Waals surface area contributed by atoms with Gasteiger partial charge in [-0.3, -0.25) is 0 Å². The number of hydrogen-bond donors (Lipinski definition) is 0. The van der Waals surface area contributed by atoms with Gasteiger partial charge >= 0.3 is 11.9 Å². The van der Waals surface area contributed by atoms with E-state index in [4.69, 9.17) is 19.1 Å². The molecule has 0 N–H and O–H groups in total. The Morgan fingerprint density at radius 1 is 0.568 bits per heavy atom. The van der Waals surface area contributed by atoms with Crippen molar-refractivity contribution in [3.8, 4) is 0 Å². The third-order valence-corrected chi connectivity index (χ3v) is 8.19. The van der Waals surface area contributed by atoms with Crippen molar-refractivity contribution in [3.63, 3.8) is 0 Å². The number of hydroxylamine groups is 4. The summed E-state index contributed by atoms with van der Waals surface area (Å²) in [4.78, 5) is 35.4. The van der Waals surface area contributed by atoms with E-state index < -0.39 is 11.9 Å². The standard InChI is InChI=1S/C36H38N2O6/c39-35(43-37-19-15-33(16-20-37)41-25-27-9-11-29-5-1-3-7-31(29)23-27)13-14-36(40)44-38-21-17-34(18-22-38)42-26-28-10-12-30-6-2-4-8-32(30)24-28/h1-14,23-24,33-34H,15-22,25-26H2/b14-13+. The van der Waals surface area contributed by atoms with Crippen LogP contribution in [-0.2, 0) is 42.0 Å². The van der Waals surface area contributed by atoms with E-state index >= 15 is 0 Å². The van der Waals surface area contributed by atoms with Crippen molar-refractivity contribution in [2.75, 3.05) is 26.2 Å². The summed E-state index contributed by atoms with van der Waals surface area (Å²) in [6.07, 6.45) is 5.48. The number of rotatable bonds is 10. The minimum absolute atomic E-state index is 0.107. The van der Waals surface area contributed by atoms with Crippen LogP contribution in [0.1, 0.15) is 36.8 Å². The number of piperidine rings is 2. The zero-order chi connectivity index (χ0) is 30.1. The Labute approximate surface area is 257 Å². The summed E-state index contributed by atoms with van der Waals surface area (Å²) in [5.74, 6) is -1.20. The van der Waals surface area contributed by atoms with Crippen molar-refractivity contribution in [3.05, 3.63) is 108 Å². The maximum absolute atomic E-state index is 12.3. The number of hydrogen-bond acceptors (Lipinski definition) is 8. The van der Waals surface area contributed by atoms with Gasteiger partial charge < -0.3 is 19.1 Å². The van der Waals surface area contributed by atoms with Crippen LogP contribution in [0.3, 0.4) is 0 Å². The number of benzene rings is 4. The van der Waals surface area contributed by atoms with E-state index in [-0.39, 0.29) is 12.2 Å². The van der Waals surface area contributed by atoms with Gasteiger partial charge in [0.1, 0.15) is 0 Å². The van der Waals surface area contributed by atoms with E-state index in [1.165, 1.54) is 21.5 Å². The van der Waals surface area contributed by atoms with Gasteiger partial charge in [-0.05, 0) is 70.5 Å². The van der Waals surface area contributed by atoms with Crippen LogP contribution in [0.25, 0.3) is 21.5 Å². The van der Waals surface area contributed by atoms with E-state index in [0.717, 1.165) is 49.0 Å². The van der Waals surface area contributed by atoms with Gasteiger partial charge in [-0.1, -0.05) is 72.8 Å². The Balaban J connectivity index is 0.847. The second-order valence-corrected chi connectivity index (χ2v) is 11.4. The van der Waals surface area contributed by atoms with E-state index in [1.54, 1.807) is 10.1 Å². The molecule has 2 heterocycles. The second-order valence-electron chi connectivity index (χ2n) is 11.4. The summed E-state index contributed by atoms with van der Waals surface area (Å²) in [6, 6.07) is 29.3. The van der Waals surface area contributed by atoms with E-state index in [2.05, 4.69) is 60.7 Å². The average molecular weight is 595 g/mol. The quantitative estimate of drug-likeness (QED) is 0.203. The van der Waals surface area contributed by atoms with Gasteiger partial charge in [-0.15, -0.1) is 10.1 Å². The molecular weight excluding hydrogens is 556 g/mol. The largest absolute Gasteiger partial charge is 0.373 e. The lowest BCUT2D eigenvalue weighted by molar-refractivity contribution is -0.197. The highest BCUT2D eigenvalue weighted by molar-refractivity contribution is 5.91. The zero-order valence-electron chi connectivity index (χ0n) is 24.8. The minimum Gasteiger partial charge on any atom is -0.373 e. The summed E-state index contributed by atoms with van der Waals surface area (Å²) in [5, 5.41) is 8.08. The van der Waals surface area contributed by atoms with E-state index in [1.807, 2.05) is 24.3 Å². The molecule has 0 aromatic heterocycles. The summed E-state index contributed by atoms with van der Waals surface area (Å²) < 4.78 is 12.2. The molecule has 2 fully saturated rings. The normalized spacial score (nSPS) is 17.4. The molecule has 6 rings (SSSR count). The first kappa shape index (κ1) is 30.0. The SMILES string of the molecule is O=C(/C=C/C(=O)ON1CCC(OCc2ccc3ccccc3c2)CC1)ON1CCC(OCc2ccc3ccccc3c2)CC1. The lowest BCUT2D eigenvalue weighted by Crippen LogP contribution is -2.38. The van der Waals surface area contributed by atoms with Gasteiger partial charge in [0.05, 0.1) is 25.4 Å². The fraction of sp³-hybridized carbons (Fsp3) is 0.333. The highest BCUT2D eigenvalue weighted by atomic mass is 16.7. The first-order valence-electron chi connectivity index (χ1n) is 15.4. The number of ether oxygens (including phenoxy) is 2. The first-order valence-corrected chi connectivity index (χ1v) is 15.4. The molecule has 4 aromatic carbocycles. The van der Waals surface area contributed by atoms with Crippen molar-refractivity contribution >= 4 is 33.5 Å². The van der Waals surface area contributed by atoms with Crippen LogP contribution in [0.5, 0.6) is 0 Å². The number of nitrogens with zero attached hydrogens (tertiary/aromatic N) is 2. The molecule has 0 spiro atoms. The van der Waals surface area contributed by atoms with Crippen molar-refractivity contribution in [2.24, 2.45) is 0 Å². The fourth-order valence-electron chi connectivity index (χ4n) is 5.72. The Kier molecular flexibility index (Phi) is 9.94. The van der Waals surface area contributed by atoms with Crippen LogP contribution < -0.4 is 0 Å². The van der Waals surface area contributed by atoms with Crippen LogP contribution in [0, 0.1) is 0 Å². The molecule has 2 aliphatic rings. The van der Waals surface area contributed by atoms with Gasteiger partial charge in [-0.2, -0.15) is 0 Å². The van der Waals surface area contributed by atoms with Crippen LogP contribution in [0.2, 0.25) is 0 Å². The van der Waals surface area contributed by atoms with Crippen molar-refractivity contribution in [1.29, 1.82) is 0 Å². The predicted molar refractivity (Wildman–Crippen MR) is 168 cm³/mol. The van der Waals surface area contributed by atoms with Gasteiger partial charge in [0.15, 0.2) is 0 Å². The third-order valence-electron chi connectivity index (χ3n) is 8.19. The molecular formula is C36H38N2O6. The van der Waals surface area contributed by atoms with Crippen LogP contribution in [0.4, 0.5) is 0 Å². The van der Waals surface area contributed by atoms with Crippen LogP contribution >= 0.6 is 0 Å². The van der Waals surface area contributed by atoms with Gasteiger partial charge in [0.2, 0.25) is 0 Å². The van der Waals surface area contributed by atoms with Crippen molar-refractivity contribution in [2.45, 2.75) is 51.1 Å². The highest BCUT2D eigenvalue weighted by Gasteiger charge is 2.24. The average Bonchev–Trinajstić information content (AvgIpc) is 3.06. The topological polar surface area (TPSA) is 77.5 Å². The highest BCUT2D eigenvalue weighted by Crippen LogP contribution is 2.21. The van der Waals surface area contributed by atoms with Crippen molar-refractivity contribution < 1.29 is 28.7 Å². The van der Waals surface area contributed by atoms with E-state index in [9.17, 15) is 9.59 Å². The Bertz CT molecular complexity index is 1490. The fourth-order valence-corrected chi connectivity index (χ4v) is 5.72. The number of fused-ring (bicyclic) bond motifs is 2. The molecule has 0 amide bonds. The molecule has 0 unspecified atom stereocenters. The molecule has 4 aromatic rings. The van der Waals surface area contributed by atoms with Crippen LogP contribution in [0.15, 0.2) is 97.1 Å². The molecule has 2 saturated heterocycles. The molecule has 0 saturated carbocycles. The maximum atomic E-state index is 12.3. The molecule has 0 bridgehead atoms. The lowest BCUT2D eigenvalue weighted by atomic mass is 10.1. The molecule has 0 aliphatic carbocycles. The second kappa shape index (κ2) is 14.6. The molecule has 2 aliphatic heterocycles. The first-order chi connectivity index (χ1) is 21.6. The number of carbonyl (C=O) groups excluding carboxylic acids is 2. The maximum Gasteiger partial charge on any atom is 0.349 e. The molecule has 0 radical (unpaired) electrons. The Morgan fingerprint density at radius 2 is 0.955 bits per heavy atom. The Hall–Kier alpha value is -4.08. The third kappa shape index (κ3) is 8.30. The monoisotopic (exact) mass is 594 g/mol. The van der Waals surface area contributed by atoms with E-state index in [0.29, 0.717) is 39.4 Å². The lowest BCUT2D eigenvalue weighted by Gasteiger charge is -2.30. The predicted octanol–water partition coefficient (Wildman–Crippen LogP) is 6.13. The van der Waals surface area contributed by atoms with Crippen LogP contribution in [-0.4, -0.2) is 60.5 Å². The smallest absolute Gasteiger partial charge is 0.349 e. The Morgan fingerprint density at radius 3 is 1.36 bits per heavy atom. The summed E-state index contributed by atoms with van der Waals surface area (Å²) >= 11 is 0. The van der Waals surface area contributed by atoms with Gasteiger partial charge in [0.25, 0.3) is 0 Å². The summed E-state index contributed by atoms with van der Waals surface area (Å²) in [6.45, 7) is 3.40. The molecule has 0 atom stereocenters. The number of carbonyl (C=O) groups is 2. The zero-order valence-corrected chi connectivity index (χ0v) is 24.8. The van der Waals surface area contributed by atoms with Gasteiger partial charge in [0, 0.05) is 38.3 Å². The minimum atomic E-state index is -0.599. The molecule has 44 heavy (non-hydrogen) atoms. The molecule has 8 heteroatoms.